The third-order valence-corrected chi connectivity index (χ3v) is 25.2. The van der Waals surface area contributed by atoms with Crippen molar-refractivity contribution in [2.24, 2.45) is 64.4 Å². The summed E-state index contributed by atoms with van der Waals surface area (Å²) in [6.45, 7) is 3.59. The number of allylic oxidation sites excluding steroid dienone is 2. The number of H-pyrrole nitrogens is 1. The number of aromatic amines is 1. The molecule has 4 aliphatic heterocycles. The van der Waals surface area contributed by atoms with Gasteiger partial charge in [-0.1, -0.05) is 103 Å². The van der Waals surface area contributed by atoms with E-state index in [2.05, 4.69) is 124 Å². The number of nitrogens with two attached hydrogens (primary N) is 1. The minimum atomic E-state index is -1.51. The van der Waals surface area contributed by atoms with Crippen molar-refractivity contribution in [2.45, 2.75) is 181 Å². The first-order valence-corrected chi connectivity index (χ1v) is 34.6. The minimum Gasteiger partial charge on any atom is -0.504 e. The van der Waals surface area contributed by atoms with Gasteiger partial charge in [0.05, 0.1) is 31.2 Å². The second kappa shape index (κ2) is 24.6. The van der Waals surface area contributed by atoms with Crippen LogP contribution in [0, 0.1) is 82.4 Å². The normalized spacial score (nSPS) is 36.0. The summed E-state index contributed by atoms with van der Waals surface area (Å²) in [6.07, 6.45) is 9.43. The number of ether oxygens (including phenoxy) is 1. The van der Waals surface area contributed by atoms with Crippen LogP contribution in [0.1, 0.15) is 165 Å². The lowest BCUT2D eigenvalue weighted by atomic mass is 9.40. The van der Waals surface area contributed by atoms with Gasteiger partial charge in [-0.15, -0.1) is 5.92 Å². The van der Waals surface area contributed by atoms with Gasteiger partial charge in [0.15, 0.2) is 23.6 Å². The van der Waals surface area contributed by atoms with Crippen molar-refractivity contribution in [3.63, 3.8) is 0 Å². The molecule has 1 saturated heterocycles. The zero-order valence-electron chi connectivity index (χ0n) is 53.1. The third-order valence-electron chi connectivity index (χ3n) is 25.2. The monoisotopic (exact) mass is 1240 g/mol. The van der Waals surface area contributed by atoms with E-state index in [0.29, 0.717) is 68.8 Å². The summed E-state index contributed by atoms with van der Waals surface area (Å²) in [6, 6.07) is 28.4. The highest BCUT2D eigenvalue weighted by Crippen LogP contribution is 2.70. The molecule has 16 rings (SSSR count). The maximum Gasteiger partial charge on any atom is 0.160 e. The van der Waals surface area contributed by atoms with Gasteiger partial charge >= 0.3 is 0 Å². The molecule has 5 heterocycles. The molecular formula is C78H91N5O9. The van der Waals surface area contributed by atoms with E-state index < -0.39 is 35.9 Å². The summed E-state index contributed by atoms with van der Waals surface area (Å²) in [7, 11) is 1.49. The average molecular weight is 1240 g/mol. The number of phenolic OH excluding ortho intramolecular Hbond substituents is 1. The number of aromatic hydroxyl groups is 1. The Morgan fingerprint density at radius 3 is 2.48 bits per heavy atom. The number of aliphatic hydroxyl groups is 5. The van der Waals surface area contributed by atoms with Crippen LogP contribution >= 0.6 is 0 Å². The molecule has 5 fully saturated rings. The Balaban J connectivity index is 0.797. The predicted molar refractivity (Wildman–Crippen MR) is 353 cm³/mol. The second-order valence-corrected chi connectivity index (χ2v) is 29.8. The summed E-state index contributed by atoms with van der Waals surface area (Å²) < 4.78 is 5.65. The highest BCUT2D eigenvalue weighted by atomic mass is 16.5. The summed E-state index contributed by atoms with van der Waals surface area (Å²) in [5.41, 5.74) is 13.2. The van der Waals surface area contributed by atoms with Crippen LogP contribution in [0.5, 0.6) is 11.5 Å². The van der Waals surface area contributed by atoms with Crippen molar-refractivity contribution in [2.75, 3.05) is 20.2 Å². The number of piperidine rings is 1. The molecule has 1 spiro atoms. The fraction of sp³-hybridized carbons (Fsp3) is 0.538. The number of Topliss-reactive ketones (excluding diaryl/α,β-unsaturated/α-hetero) is 2. The van der Waals surface area contributed by atoms with Gasteiger partial charge in [-0.25, -0.2) is 0 Å². The quantitative estimate of drug-likeness (QED) is 0.0368. The molecule has 7 aliphatic carbocycles. The zero-order chi connectivity index (χ0) is 63.3. The minimum absolute atomic E-state index is 0.00915. The largest absolute Gasteiger partial charge is 0.504 e. The van der Waals surface area contributed by atoms with Gasteiger partial charge < -0.3 is 62.0 Å². The van der Waals surface area contributed by atoms with Gasteiger partial charge in [-0.3, -0.25) is 9.59 Å². The van der Waals surface area contributed by atoms with E-state index in [-0.39, 0.29) is 144 Å². The zero-order valence-corrected chi connectivity index (χ0v) is 53.1. The number of ketones is 2. The SMILES string of the molecule is COc1cc2c(cc1O)[C@@H](C[C@H](O)[C@H](O)C[C@H](C1=CCNC(N)=C1)c1ccc3ccccc3c1)C#C[C@@]1(CC[C@H]([C@H]3[C@@H]4CN[C@]5(C)CCC[C@H]5C#CC[C@H]5N[C@@H]6CC(=O)[C@H]7C[C@H](Cc8ccccc8)c8c[nH]c9c8[C@H]7[C@@H]6[C@@H]([C@H]94)[C@@H]5[C@@H]3CCC(O)O)C[C@H]1O)C(=O)CC2. The Morgan fingerprint density at radius 2 is 1.67 bits per heavy atom. The Bertz CT molecular complexity index is 3850. The first kappa shape index (κ1) is 61.5. The fourth-order valence-electron chi connectivity index (χ4n) is 21.0. The second-order valence-electron chi connectivity index (χ2n) is 29.8. The molecule has 1 aromatic heterocycles. The topological polar surface area (TPSA) is 243 Å². The van der Waals surface area contributed by atoms with Crippen molar-refractivity contribution in [1.29, 1.82) is 0 Å². The molecule has 11 aliphatic rings. The number of rotatable bonds is 14. The molecule has 12 N–H and O–H groups in total. The summed E-state index contributed by atoms with van der Waals surface area (Å²) >= 11 is 0. The van der Waals surface area contributed by atoms with Crippen LogP contribution in [-0.4, -0.2) is 110 Å². The first-order chi connectivity index (χ1) is 44.6. The Morgan fingerprint density at radius 1 is 0.848 bits per heavy atom. The number of aliphatic hydroxyl groups excluding tert-OH is 4. The number of phenols is 1. The predicted octanol–water partition coefficient (Wildman–Crippen LogP) is 9.14. The smallest absolute Gasteiger partial charge is 0.160 e. The van der Waals surface area contributed by atoms with Crippen molar-refractivity contribution < 1.29 is 45.0 Å². The highest BCUT2D eigenvalue weighted by Gasteiger charge is 2.68. The molecule has 482 valence electrons. The van der Waals surface area contributed by atoms with E-state index in [1.165, 1.54) is 29.5 Å². The number of dihydropyridines is 1. The highest BCUT2D eigenvalue weighted by molar-refractivity contribution is 5.89. The van der Waals surface area contributed by atoms with E-state index in [0.717, 1.165) is 59.6 Å². The standard InChI is InChI=1S/C78H91N5O9/c1-77-26-9-15-51(77)14-8-16-58-70-52(20-22-68(90)91)69(57(41-82-77)73-75(70)74-59(83-58)39-60(84)55-32-50(30-42-10-4-3-5-11-42)56-40-81-76(73)72(56)71(55)74)49-24-28-78(66(89)35-49)27-23-47(54-38-63(87)64(92-2)34-46(54)19-21-65(78)88)33-61(85)62(86)37-53(48-25-29-80-67(79)36-48)45-18-17-43-12-6-7-13-44(43)31-45/h3-7,10-13,17-18,25,31,34,36,38,40,47,49-53,55,57-59,61-62,66,68-71,73-75,80-83,85-87,89-91H,9,15-16,19-22,24,26,28-30,32-33,35,37,39,41,79H2,1-2H3/t47-,49+,50+,51-,52-,53+,55-,57+,58-,59-,61+,62-,66-,69-,70-,71+,73-,74-,75-,77-,78-/m1/s1. The van der Waals surface area contributed by atoms with Crippen LogP contribution in [0.4, 0.5) is 0 Å². The van der Waals surface area contributed by atoms with Crippen molar-refractivity contribution in [3.8, 4) is 35.2 Å². The van der Waals surface area contributed by atoms with Gasteiger partial charge in [-0.05, 0) is 206 Å². The van der Waals surface area contributed by atoms with E-state index in [1.807, 2.05) is 18.2 Å². The fourth-order valence-corrected chi connectivity index (χ4v) is 21.0. The molecule has 92 heavy (non-hydrogen) atoms. The molecule has 14 nitrogen and oxygen atoms in total. The molecular weight excluding hydrogens is 1150 g/mol. The number of nitrogens with one attached hydrogen (secondary N) is 4. The van der Waals surface area contributed by atoms with Crippen molar-refractivity contribution >= 4 is 22.3 Å². The molecule has 4 bridgehead atoms. The number of aryl methyl sites for hydroxylation is 1. The van der Waals surface area contributed by atoms with Crippen LogP contribution in [0.3, 0.4) is 0 Å². The molecule has 0 amide bonds. The molecule has 0 radical (unpaired) electrons. The number of hydrogen-bond donors (Lipinski definition) is 11. The van der Waals surface area contributed by atoms with E-state index in [9.17, 15) is 35.4 Å². The van der Waals surface area contributed by atoms with Crippen LogP contribution < -0.4 is 26.4 Å². The maximum atomic E-state index is 15.5. The van der Waals surface area contributed by atoms with E-state index in [4.69, 9.17) is 10.5 Å². The number of carbonyl (C=O) groups is 2. The van der Waals surface area contributed by atoms with Crippen molar-refractivity contribution in [3.05, 3.63) is 154 Å². The molecule has 0 unspecified atom stereocenters. The number of aromatic nitrogens is 1. The van der Waals surface area contributed by atoms with Crippen LogP contribution in [0.15, 0.2) is 115 Å². The van der Waals surface area contributed by atoms with Gasteiger partial charge in [-0.2, -0.15) is 0 Å². The maximum absolute atomic E-state index is 15.5. The van der Waals surface area contributed by atoms with E-state index in [1.54, 1.807) is 12.1 Å². The van der Waals surface area contributed by atoms with Gasteiger partial charge in [0.1, 0.15) is 11.2 Å². The Labute approximate surface area is 540 Å². The Hall–Kier alpha value is -6.72. The molecule has 5 aromatic rings. The third kappa shape index (κ3) is 10.7. The molecule has 4 saturated carbocycles. The number of fused-ring (bicyclic) bond motifs is 5. The van der Waals surface area contributed by atoms with Crippen LogP contribution in [0.2, 0.25) is 0 Å². The van der Waals surface area contributed by atoms with Crippen molar-refractivity contribution in [1.82, 2.24) is 20.9 Å². The lowest BCUT2D eigenvalue weighted by Crippen LogP contribution is -2.70. The summed E-state index contributed by atoms with van der Waals surface area (Å²) in [4.78, 5) is 34.4. The summed E-state index contributed by atoms with van der Waals surface area (Å²) in [5, 5.41) is 85.3. The molecule has 21 atom stereocenters. The summed E-state index contributed by atoms with van der Waals surface area (Å²) in [5.74, 6) is 15.2. The van der Waals surface area contributed by atoms with Crippen LogP contribution in [0.25, 0.3) is 10.8 Å². The first-order valence-electron chi connectivity index (χ1n) is 34.6. The number of hydrogen-bond acceptors (Lipinski definition) is 13. The number of benzene rings is 4. The average Bonchev–Trinajstić information content (AvgIpc) is 1.17. The van der Waals surface area contributed by atoms with Gasteiger partial charge in [0, 0.05) is 90.8 Å². The molecule has 14 heteroatoms. The lowest BCUT2D eigenvalue weighted by molar-refractivity contribution is -0.152. The molecule has 4 aromatic carbocycles. The number of methoxy groups -OCH3 is 1. The van der Waals surface area contributed by atoms with Gasteiger partial charge in [0.2, 0.25) is 0 Å². The van der Waals surface area contributed by atoms with Crippen LogP contribution in [-0.2, 0) is 22.4 Å². The van der Waals surface area contributed by atoms with E-state index >= 15 is 4.79 Å². The Kier molecular flexibility index (Phi) is 16.4. The lowest BCUT2D eigenvalue weighted by Gasteiger charge is -2.67. The van der Waals surface area contributed by atoms with Gasteiger partial charge in [0.25, 0.3) is 0 Å². The number of carbonyl (C=O) groups excluding carboxylic acids is 2.